The Morgan fingerprint density at radius 2 is 1.40 bits per heavy atom. The summed E-state index contributed by atoms with van der Waals surface area (Å²) in [5.74, 6) is -3.06. The highest BCUT2D eigenvalue weighted by molar-refractivity contribution is 5.84. The number of ether oxygens (including phenoxy) is 2. The molecular formula is C24H14F2O4. The van der Waals surface area contributed by atoms with Crippen molar-refractivity contribution in [2.24, 2.45) is 0 Å². The fourth-order valence-electron chi connectivity index (χ4n) is 2.58. The van der Waals surface area contributed by atoms with Gasteiger partial charge in [-0.25, -0.2) is 18.4 Å². The second-order valence-corrected chi connectivity index (χ2v) is 5.92. The Balaban J connectivity index is 1.92. The van der Waals surface area contributed by atoms with E-state index in [1.807, 2.05) is 0 Å². The van der Waals surface area contributed by atoms with Crippen molar-refractivity contribution in [1.82, 2.24) is 0 Å². The summed E-state index contributed by atoms with van der Waals surface area (Å²) in [6, 6.07) is 8.78. The molecule has 0 fully saturated rings. The zero-order chi connectivity index (χ0) is 21.7. The second kappa shape index (κ2) is 8.84. The van der Waals surface area contributed by atoms with E-state index in [2.05, 4.69) is 24.6 Å². The number of esters is 2. The first-order valence-electron chi connectivity index (χ1n) is 8.64. The molecule has 0 saturated heterocycles. The zero-order valence-corrected chi connectivity index (χ0v) is 15.6. The maximum Gasteiger partial charge on any atom is 0.336 e. The smallest absolute Gasteiger partial charge is 0.336 e. The normalized spacial score (nSPS) is 11.9. The Hall–Kier alpha value is -4.24. The van der Waals surface area contributed by atoms with Crippen LogP contribution in [0.25, 0.3) is 16.7 Å². The lowest BCUT2D eigenvalue weighted by atomic mass is 9.98. The molecule has 6 heteroatoms. The minimum Gasteiger partial charge on any atom is -0.423 e. The van der Waals surface area contributed by atoms with Gasteiger partial charge in [-0.15, -0.1) is 0 Å². The molecule has 148 valence electrons. The molecule has 0 atom stereocenters. The number of allylic oxidation sites excluding steroid dienone is 3. The van der Waals surface area contributed by atoms with E-state index in [9.17, 15) is 18.4 Å². The molecule has 0 bridgehead atoms. The molecule has 30 heavy (non-hydrogen) atoms. The average molecular weight is 404 g/mol. The van der Waals surface area contributed by atoms with E-state index in [-0.39, 0.29) is 28.2 Å². The van der Waals surface area contributed by atoms with Crippen LogP contribution in [-0.2, 0) is 14.3 Å². The molecule has 0 aromatic heterocycles. The van der Waals surface area contributed by atoms with Crippen LogP contribution in [0.2, 0.25) is 0 Å². The minimum atomic E-state index is -1.06. The van der Waals surface area contributed by atoms with Gasteiger partial charge in [-0.05, 0) is 41.6 Å². The summed E-state index contributed by atoms with van der Waals surface area (Å²) in [7, 11) is 0. The van der Waals surface area contributed by atoms with Crippen molar-refractivity contribution < 1.29 is 27.8 Å². The Bertz CT molecular complexity index is 1190. The second-order valence-electron chi connectivity index (χ2n) is 5.92. The van der Waals surface area contributed by atoms with Gasteiger partial charge in [0.15, 0.2) is 17.4 Å². The fourth-order valence-corrected chi connectivity index (χ4v) is 2.58. The quantitative estimate of drug-likeness (QED) is 0.293. The number of carbonyl (C=O) groups excluding carboxylic acids is 2. The molecule has 2 aromatic rings. The van der Waals surface area contributed by atoms with Crippen molar-refractivity contribution >= 4 is 17.5 Å². The summed E-state index contributed by atoms with van der Waals surface area (Å²) >= 11 is 0. The highest BCUT2D eigenvalue weighted by Gasteiger charge is 2.17. The minimum absolute atomic E-state index is 0.0226. The Kier molecular flexibility index (Phi) is 6.04. The third-order valence-corrected chi connectivity index (χ3v) is 4.02. The molecule has 1 aliphatic rings. The van der Waals surface area contributed by atoms with Gasteiger partial charge < -0.3 is 9.47 Å². The molecule has 0 radical (unpaired) electrons. The molecule has 1 aliphatic carbocycles. The number of hydrogen-bond acceptors (Lipinski definition) is 4. The van der Waals surface area contributed by atoms with Crippen LogP contribution in [0, 0.1) is 11.6 Å². The number of benzene rings is 2. The summed E-state index contributed by atoms with van der Waals surface area (Å²) in [6.45, 7) is 6.58. The highest BCUT2D eigenvalue weighted by Crippen LogP contribution is 2.31. The van der Waals surface area contributed by atoms with Gasteiger partial charge in [0, 0.05) is 28.9 Å². The first kappa shape index (κ1) is 20.5. The number of rotatable bonds is 6. The average Bonchev–Trinajstić information content (AvgIpc) is 2.77. The molecule has 2 aromatic carbocycles. The van der Waals surface area contributed by atoms with Gasteiger partial charge in [0.1, 0.15) is 5.75 Å². The van der Waals surface area contributed by atoms with Crippen LogP contribution in [-0.4, -0.2) is 11.9 Å². The highest BCUT2D eigenvalue weighted by atomic mass is 19.2. The lowest BCUT2D eigenvalue weighted by molar-refractivity contribution is -0.133. The number of carbonyl (C=O) groups is 2. The lowest BCUT2D eigenvalue weighted by Crippen LogP contribution is -2.02. The van der Waals surface area contributed by atoms with Crippen molar-refractivity contribution in [3.8, 4) is 16.9 Å². The van der Waals surface area contributed by atoms with Crippen LogP contribution in [0.3, 0.4) is 0 Å². The zero-order valence-electron chi connectivity index (χ0n) is 15.6. The Morgan fingerprint density at radius 3 is 2.00 bits per heavy atom. The molecule has 0 spiro atoms. The predicted octanol–water partition coefficient (Wildman–Crippen LogP) is 5.04. The van der Waals surface area contributed by atoms with Gasteiger partial charge >= 0.3 is 11.9 Å². The van der Waals surface area contributed by atoms with Gasteiger partial charge in [0.05, 0.1) is 0 Å². The van der Waals surface area contributed by atoms with Crippen LogP contribution in [0.1, 0.15) is 5.56 Å². The number of halogens is 2. The summed E-state index contributed by atoms with van der Waals surface area (Å²) in [5.41, 5.74) is 5.87. The molecule has 0 amide bonds. The maximum atomic E-state index is 14.7. The van der Waals surface area contributed by atoms with Crippen molar-refractivity contribution in [3.05, 3.63) is 108 Å². The SMILES string of the molecule is C=CC(=O)OC1=C=C=C(c2ccc(-c3ccc(OC(=O)C=C)cc3)c(F)c2F)C=C1. The molecular weight excluding hydrogens is 390 g/mol. The summed E-state index contributed by atoms with van der Waals surface area (Å²) in [5, 5.41) is 0. The molecule has 0 saturated carbocycles. The molecule has 4 nitrogen and oxygen atoms in total. The summed E-state index contributed by atoms with van der Waals surface area (Å²) < 4.78 is 39.3. The first-order valence-corrected chi connectivity index (χ1v) is 8.64. The third-order valence-electron chi connectivity index (χ3n) is 4.02. The van der Waals surface area contributed by atoms with Gasteiger partial charge in [-0.3, -0.25) is 0 Å². The third kappa shape index (κ3) is 4.42. The summed E-state index contributed by atoms with van der Waals surface area (Å²) in [4.78, 5) is 22.4. The van der Waals surface area contributed by atoms with E-state index < -0.39 is 23.6 Å². The van der Waals surface area contributed by atoms with E-state index in [0.717, 1.165) is 12.2 Å². The maximum absolute atomic E-state index is 14.7. The first-order chi connectivity index (χ1) is 14.4. The van der Waals surface area contributed by atoms with Crippen LogP contribution in [0.4, 0.5) is 8.78 Å². The Labute approximate surface area is 171 Å². The molecule has 0 aliphatic heterocycles. The van der Waals surface area contributed by atoms with Gasteiger partial charge in [-0.1, -0.05) is 37.1 Å². The summed E-state index contributed by atoms with van der Waals surface area (Å²) in [6.07, 6.45) is 4.84. The van der Waals surface area contributed by atoms with Crippen molar-refractivity contribution in [1.29, 1.82) is 0 Å². The molecule has 0 unspecified atom stereocenters. The van der Waals surface area contributed by atoms with E-state index in [4.69, 9.17) is 9.47 Å². The van der Waals surface area contributed by atoms with Crippen LogP contribution in [0.5, 0.6) is 5.75 Å². The van der Waals surface area contributed by atoms with E-state index in [1.54, 1.807) is 0 Å². The van der Waals surface area contributed by atoms with Crippen LogP contribution >= 0.6 is 0 Å². The van der Waals surface area contributed by atoms with Gasteiger partial charge in [-0.2, -0.15) is 0 Å². The molecule has 0 heterocycles. The standard InChI is InChI=1S/C24H14F2O4/c1-3-21(27)29-17-9-5-15(6-10-17)19-13-14-20(24(26)23(19)25)16-7-11-18(12-8-16)30-22(28)4-2/h3-7,9-11,13-14H,1-2H2. The van der Waals surface area contributed by atoms with Crippen molar-refractivity contribution in [2.75, 3.05) is 0 Å². The largest absolute Gasteiger partial charge is 0.423 e. The predicted molar refractivity (Wildman–Crippen MR) is 107 cm³/mol. The van der Waals surface area contributed by atoms with E-state index in [0.29, 0.717) is 5.56 Å². The van der Waals surface area contributed by atoms with Crippen LogP contribution < -0.4 is 4.74 Å². The van der Waals surface area contributed by atoms with Gasteiger partial charge in [0.2, 0.25) is 0 Å². The Morgan fingerprint density at radius 1 is 0.800 bits per heavy atom. The van der Waals surface area contributed by atoms with E-state index >= 15 is 0 Å². The topological polar surface area (TPSA) is 52.6 Å². The van der Waals surface area contributed by atoms with Crippen molar-refractivity contribution in [2.45, 2.75) is 0 Å². The van der Waals surface area contributed by atoms with Crippen LogP contribution in [0.15, 0.2) is 91.1 Å². The molecule has 3 rings (SSSR count). The van der Waals surface area contributed by atoms with Crippen molar-refractivity contribution in [3.63, 3.8) is 0 Å². The van der Waals surface area contributed by atoms with E-state index in [1.165, 1.54) is 48.6 Å². The molecule has 0 N–H and O–H groups in total. The number of hydrogen-bond donors (Lipinski definition) is 0. The van der Waals surface area contributed by atoms with Gasteiger partial charge in [0.25, 0.3) is 0 Å². The lowest BCUT2D eigenvalue weighted by Gasteiger charge is -2.10. The monoisotopic (exact) mass is 404 g/mol. The fraction of sp³-hybridized carbons (Fsp3) is 0.